The molecule has 0 bridgehead atoms. The fourth-order valence-corrected chi connectivity index (χ4v) is 2.53. The minimum atomic E-state index is -0.293. The molecule has 1 aliphatic heterocycles. The summed E-state index contributed by atoms with van der Waals surface area (Å²) in [7, 11) is 0. The van der Waals surface area contributed by atoms with E-state index < -0.39 is 0 Å². The maximum atomic E-state index is 12.5. The summed E-state index contributed by atoms with van der Waals surface area (Å²) in [5.41, 5.74) is 2.10. The number of rotatable bonds is 3. The number of nitrogens with zero attached hydrogens (tertiary/aromatic N) is 3. The van der Waals surface area contributed by atoms with Gasteiger partial charge in [0.15, 0.2) is 0 Å². The van der Waals surface area contributed by atoms with Gasteiger partial charge in [0.25, 0.3) is 0 Å². The van der Waals surface area contributed by atoms with Gasteiger partial charge in [-0.2, -0.15) is 0 Å². The van der Waals surface area contributed by atoms with Gasteiger partial charge < -0.3 is 10.2 Å². The monoisotopic (exact) mass is 302 g/mol. The second-order valence-corrected chi connectivity index (χ2v) is 5.43. The minimum absolute atomic E-state index is 0.0422. The van der Waals surface area contributed by atoms with E-state index in [-0.39, 0.29) is 11.9 Å². The highest BCUT2D eigenvalue weighted by Crippen LogP contribution is 2.23. The van der Waals surface area contributed by atoms with Crippen molar-refractivity contribution in [2.24, 2.45) is 0 Å². The zero-order valence-corrected chi connectivity index (χ0v) is 12.3. The van der Waals surface area contributed by atoms with Crippen LogP contribution in [-0.2, 0) is 4.79 Å². The first kappa shape index (κ1) is 13.8. The summed E-state index contributed by atoms with van der Waals surface area (Å²) < 4.78 is 0. The Labute approximate surface area is 128 Å². The molecule has 1 aliphatic rings. The highest BCUT2D eigenvalue weighted by Gasteiger charge is 2.32. The Morgan fingerprint density at radius 1 is 1.29 bits per heavy atom. The Hall–Kier alpha value is -2.14. The van der Waals surface area contributed by atoms with Crippen molar-refractivity contribution >= 4 is 29.0 Å². The first-order valence-corrected chi connectivity index (χ1v) is 7.13. The molecule has 1 aromatic carbocycles. The van der Waals surface area contributed by atoms with Crippen LogP contribution in [0, 0.1) is 6.92 Å². The number of benzene rings is 1. The van der Waals surface area contributed by atoms with Crippen LogP contribution in [0.4, 0.5) is 11.5 Å². The Morgan fingerprint density at radius 2 is 2.05 bits per heavy atom. The van der Waals surface area contributed by atoms with Crippen molar-refractivity contribution < 1.29 is 4.79 Å². The van der Waals surface area contributed by atoms with E-state index in [1.54, 1.807) is 11.1 Å². The number of halogens is 1. The van der Waals surface area contributed by atoms with Crippen LogP contribution in [0.5, 0.6) is 0 Å². The molecule has 2 aromatic rings. The van der Waals surface area contributed by atoms with Gasteiger partial charge in [-0.1, -0.05) is 29.3 Å². The van der Waals surface area contributed by atoms with Crippen molar-refractivity contribution in [3.05, 3.63) is 47.4 Å². The van der Waals surface area contributed by atoms with E-state index in [4.69, 9.17) is 11.6 Å². The fourth-order valence-electron chi connectivity index (χ4n) is 2.39. The Bertz CT molecular complexity index is 659. The molecule has 1 unspecified atom stereocenters. The molecule has 21 heavy (non-hydrogen) atoms. The molecule has 0 spiro atoms. The topological polar surface area (TPSA) is 58.1 Å². The number of carbonyl (C=O) groups is 1. The molecule has 0 radical (unpaired) electrons. The number of amides is 1. The van der Waals surface area contributed by atoms with E-state index in [0.717, 1.165) is 12.1 Å². The molecule has 1 fully saturated rings. The Morgan fingerprint density at radius 3 is 2.76 bits per heavy atom. The third kappa shape index (κ3) is 2.97. The molecule has 3 rings (SSSR count). The summed E-state index contributed by atoms with van der Waals surface area (Å²) in [5.74, 6) is 0.562. The molecule has 1 aromatic heterocycles. The third-order valence-electron chi connectivity index (χ3n) is 3.48. The second kappa shape index (κ2) is 5.69. The normalized spacial score (nSPS) is 18.1. The average molecular weight is 303 g/mol. The molecular weight excluding hydrogens is 288 g/mol. The number of hydrogen-bond acceptors (Lipinski definition) is 4. The number of carbonyl (C=O) groups excluding carboxylic acids is 1. The molecule has 1 atom stereocenters. The molecule has 108 valence electrons. The largest absolute Gasteiger partial charge is 0.357 e. The van der Waals surface area contributed by atoms with Gasteiger partial charge in [0.05, 0.1) is 12.4 Å². The van der Waals surface area contributed by atoms with Crippen molar-refractivity contribution in [3.8, 4) is 0 Å². The van der Waals surface area contributed by atoms with Crippen molar-refractivity contribution in [1.82, 2.24) is 9.97 Å². The zero-order chi connectivity index (χ0) is 14.8. The smallest absolute Gasteiger partial charge is 0.249 e. The second-order valence-electron chi connectivity index (χ2n) is 5.04. The lowest BCUT2D eigenvalue weighted by atomic mass is 10.2. The molecule has 6 heteroatoms. The van der Waals surface area contributed by atoms with E-state index in [2.05, 4.69) is 15.3 Å². The molecule has 1 N–H and O–H groups in total. The van der Waals surface area contributed by atoms with Gasteiger partial charge in [-0.15, -0.1) is 0 Å². The maximum absolute atomic E-state index is 12.5. The van der Waals surface area contributed by atoms with Crippen molar-refractivity contribution in [1.29, 1.82) is 0 Å². The van der Waals surface area contributed by atoms with Gasteiger partial charge in [-0.3, -0.25) is 9.78 Å². The van der Waals surface area contributed by atoms with E-state index in [1.807, 2.05) is 31.2 Å². The maximum Gasteiger partial charge on any atom is 0.249 e. The summed E-state index contributed by atoms with van der Waals surface area (Å²) in [6.45, 7) is 2.71. The van der Waals surface area contributed by atoms with Crippen LogP contribution in [0.2, 0.25) is 5.15 Å². The number of hydrogen-bond donors (Lipinski definition) is 1. The van der Waals surface area contributed by atoms with Gasteiger partial charge in [-0.25, -0.2) is 4.98 Å². The lowest BCUT2D eigenvalue weighted by Crippen LogP contribution is -2.33. The van der Waals surface area contributed by atoms with E-state index >= 15 is 0 Å². The number of nitrogens with one attached hydrogen (secondary N) is 1. The molecular formula is C15H15ClN4O. The molecule has 1 amide bonds. The summed E-state index contributed by atoms with van der Waals surface area (Å²) >= 11 is 5.80. The van der Waals surface area contributed by atoms with Crippen LogP contribution in [-0.4, -0.2) is 28.5 Å². The lowest BCUT2D eigenvalue weighted by Gasteiger charge is -2.17. The van der Waals surface area contributed by atoms with Gasteiger partial charge in [-0.05, 0) is 25.5 Å². The van der Waals surface area contributed by atoms with Gasteiger partial charge in [0.1, 0.15) is 17.0 Å². The lowest BCUT2D eigenvalue weighted by molar-refractivity contribution is -0.117. The molecule has 5 nitrogen and oxygen atoms in total. The van der Waals surface area contributed by atoms with Crippen molar-refractivity contribution in [2.45, 2.75) is 19.4 Å². The van der Waals surface area contributed by atoms with Crippen LogP contribution in [0.3, 0.4) is 0 Å². The Balaban J connectivity index is 1.73. The molecule has 1 saturated heterocycles. The van der Waals surface area contributed by atoms with Crippen LogP contribution in [0.25, 0.3) is 0 Å². The third-order valence-corrected chi connectivity index (χ3v) is 3.66. The zero-order valence-electron chi connectivity index (χ0n) is 11.6. The number of aryl methyl sites for hydroxylation is 1. The van der Waals surface area contributed by atoms with Crippen LogP contribution in [0.15, 0.2) is 36.7 Å². The first-order valence-electron chi connectivity index (χ1n) is 6.75. The summed E-state index contributed by atoms with van der Waals surface area (Å²) in [5, 5.41) is 3.40. The Kier molecular flexibility index (Phi) is 3.75. The standard InChI is InChI=1S/C15H15ClN4O/c1-10-2-4-11(5-3-10)20-7-6-12(15(20)21)18-14-9-17-8-13(16)19-14/h2-5,8-9,12H,6-7H2,1H3,(H,18,19). The van der Waals surface area contributed by atoms with Gasteiger partial charge in [0, 0.05) is 12.2 Å². The van der Waals surface area contributed by atoms with Crippen LogP contribution >= 0.6 is 11.6 Å². The van der Waals surface area contributed by atoms with E-state index in [0.29, 0.717) is 17.5 Å². The summed E-state index contributed by atoms with van der Waals surface area (Å²) in [4.78, 5) is 22.3. The first-order chi connectivity index (χ1) is 10.1. The van der Waals surface area contributed by atoms with Crippen molar-refractivity contribution in [2.75, 3.05) is 16.8 Å². The quantitative estimate of drug-likeness (QED) is 0.947. The predicted molar refractivity (Wildman–Crippen MR) is 82.6 cm³/mol. The van der Waals surface area contributed by atoms with E-state index in [1.165, 1.54) is 11.8 Å². The highest BCUT2D eigenvalue weighted by atomic mass is 35.5. The molecule has 2 heterocycles. The van der Waals surface area contributed by atoms with Gasteiger partial charge >= 0.3 is 0 Å². The fraction of sp³-hybridized carbons (Fsp3) is 0.267. The number of anilines is 2. The SMILES string of the molecule is Cc1ccc(N2CCC(Nc3cncc(Cl)n3)C2=O)cc1. The minimum Gasteiger partial charge on any atom is -0.357 e. The van der Waals surface area contributed by atoms with Crippen LogP contribution in [0.1, 0.15) is 12.0 Å². The van der Waals surface area contributed by atoms with Crippen LogP contribution < -0.4 is 10.2 Å². The molecule has 0 aliphatic carbocycles. The van der Waals surface area contributed by atoms with Gasteiger partial charge in [0.2, 0.25) is 5.91 Å². The summed E-state index contributed by atoms with van der Waals surface area (Å²) in [6, 6.07) is 7.65. The summed E-state index contributed by atoms with van der Waals surface area (Å²) in [6.07, 6.45) is 3.75. The molecule has 0 saturated carbocycles. The predicted octanol–water partition coefficient (Wildman–Crippen LogP) is 2.66. The van der Waals surface area contributed by atoms with Crippen molar-refractivity contribution in [3.63, 3.8) is 0 Å². The average Bonchev–Trinajstić information content (AvgIpc) is 2.81. The number of aromatic nitrogens is 2. The van der Waals surface area contributed by atoms with E-state index in [9.17, 15) is 4.79 Å². The highest BCUT2D eigenvalue weighted by molar-refractivity contribution is 6.29.